The van der Waals surface area contributed by atoms with Gasteiger partial charge in [0.05, 0.1) is 4.92 Å². The number of nitro groups is 1. The molecule has 2 aromatic rings. The van der Waals surface area contributed by atoms with Gasteiger partial charge >= 0.3 is 12.1 Å². The lowest BCUT2D eigenvalue weighted by Gasteiger charge is -2.22. The Hall–Kier alpha value is -4.28. The van der Waals surface area contributed by atoms with Crippen LogP contribution in [0.5, 0.6) is 0 Å². The minimum absolute atomic E-state index is 0.217. The first-order chi connectivity index (χ1) is 15.2. The molecule has 11 heteroatoms. The number of nitrogens with zero attached hydrogens (tertiary/aromatic N) is 2. The van der Waals surface area contributed by atoms with Crippen molar-refractivity contribution < 1.29 is 24.1 Å². The molecule has 1 aliphatic heterocycles. The van der Waals surface area contributed by atoms with E-state index in [-0.39, 0.29) is 30.8 Å². The third-order valence-corrected chi connectivity index (χ3v) is 5.02. The molecule has 0 radical (unpaired) electrons. The van der Waals surface area contributed by atoms with Gasteiger partial charge < -0.3 is 10.6 Å². The number of benzene rings is 2. The van der Waals surface area contributed by atoms with Gasteiger partial charge in [-0.25, -0.2) is 9.59 Å². The van der Waals surface area contributed by atoms with Gasteiger partial charge in [-0.05, 0) is 18.1 Å². The summed E-state index contributed by atoms with van der Waals surface area (Å²) in [5, 5.41) is 18.2. The summed E-state index contributed by atoms with van der Waals surface area (Å²) in [7, 11) is 0. The number of urea groups is 2. The van der Waals surface area contributed by atoms with Crippen molar-refractivity contribution in [3.8, 4) is 0 Å². The lowest BCUT2D eigenvalue weighted by Crippen LogP contribution is -2.42. The Bertz CT molecular complexity index is 1070. The number of non-ortho nitro benzene ring substituents is 1. The normalized spacial score (nSPS) is 17.6. The van der Waals surface area contributed by atoms with Crippen LogP contribution < -0.4 is 16.0 Å². The number of nitrogens with one attached hydrogen (secondary N) is 3. The molecule has 3 rings (SSSR count). The Kier molecular flexibility index (Phi) is 6.47. The molecule has 1 atom stereocenters. The van der Waals surface area contributed by atoms with Crippen molar-refractivity contribution in [2.24, 2.45) is 0 Å². The summed E-state index contributed by atoms with van der Waals surface area (Å²) in [5.74, 6) is -1.32. The second-order valence-corrected chi connectivity index (χ2v) is 7.29. The van der Waals surface area contributed by atoms with Gasteiger partial charge in [0, 0.05) is 31.6 Å². The molecule has 2 aromatic carbocycles. The molecule has 3 N–H and O–H groups in total. The van der Waals surface area contributed by atoms with Crippen molar-refractivity contribution in [2.45, 2.75) is 25.4 Å². The van der Waals surface area contributed by atoms with Gasteiger partial charge in [-0.1, -0.05) is 42.5 Å². The van der Waals surface area contributed by atoms with Crippen LogP contribution in [-0.4, -0.2) is 40.2 Å². The molecule has 166 valence electrons. The van der Waals surface area contributed by atoms with Gasteiger partial charge in [-0.15, -0.1) is 0 Å². The molecule has 0 spiro atoms. The molecule has 0 bridgehead atoms. The van der Waals surface area contributed by atoms with Crippen LogP contribution in [0.3, 0.4) is 0 Å². The number of hydrogen-bond acceptors (Lipinski definition) is 6. The van der Waals surface area contributed by atoms with Crippen molar-refractivity contribution in [3.63, 3.8) is 0 Å². The second kappa shape index (κ2) is 9.25. The minimum Gasteiger partial charge on any atom is -0.334 e. The quantitative estimate of drug-likeness (QED) is 0.340. The summed E-state index contributed by atoms with van der Waals surface area (Å²) < 4.78 is 0. The molecule has 1 aliphatic rings. The Morgan fingerprint density at radius 2 is 1.84 bits per heavy atom. The Morgan fingerprint density at radius 3 is 2.53 bits per heavy atom. The highest BCUT2D eigenvalue weighted by atomic mass is 16.6. The Morgan fingerprint density at radius 1 is 1.12 bits per heavy atom. The van der Waals surface area contributed by atoms with Gasteiger partial charge in [-0.3, -0.25) is 29.9 Å². The highest BCUT2D eigenvalue weighted by Crippen LogP contribution is 2.30. The van der Waals surface area contributed by atoms with Crippen LogP contribution >= 0.6 is 0 Å². The van der Waals surface area contributed by atoms with E-state index < -0.39 is 34.3 Å². The Labute approximate surface area is 182 Å². The topological polar surface area (TPSA) is 151 Å². The van der Waals surface area contributed by atoms with Gasteiger partial charge in [0.1, 0.15) is 5.54 Å². The maximum Gasteiger partial charge on any atom is 0.325 e. The molecule has 1 unspecified atom stereocenters. The van der Waals surface area contributed by atoms with E-state index >= 15 is 0 Å². The molecule has 32 heavy (non-hydrogen) atoms. The van der Waals surface area contributed by atoms with Gasteiger partial charge in [0.25, 0.3) is 11.6 Å². The first-order valence-electron chi connectivity index (χ1n) is 9.71. The highest BCUT2D eigenvalue weighted by Gasteiger charge is 2.49. The van der Waals surface area contributed by atoms with Crippen molar-refractivity contribution in [2.75, 3.05) is 6.54 Å². The predicted molar refractivity (Wildman–Crippen MR) is 112 cm³/mol. The summed E-state index contributed by atoms with van der Waals surface area (Å²) in [5.41, 5.74) is -0.621. The van der Waals surface area contributed by atoms with Crippen molar-refractivity contribution in [1.29, 1.82) is 0 Å². The molecular formula is C21H21N5O6. The lowest BCUT2D eigenvalue weighted by molar-refractivity contribution is -0.385. The first-order valence-corrected chi connectivity index (χ1v) is 9.71. The smallest absolute Gasteiger partial charge is 0.325 e. The molecule has 0 aromatic heterocycles. The lowest BCUT2D eigenvalue weighted by atomic mass is 9.91. The third-order valence-electron chi connectivity index (χ3n) is 5.02. The summed E-state index contributed by atoms with van der Waals surface area (Å²) in [6.07, 6.45) is -0.289. The van der Waals surface area contributed by atoms with Crippen molar-refractivity contribution in [1.82, 2.24) is 20.9 Å². The number of imide groups is 2. The number of hydrogen-bond donors (Lipinski definition) is 3. The average molecular weight is 439 g/mol. The number of rotatable bonds is 7. The average Bonchev–Trinajstić information content (AvgIpc) is 3.00. The zero-order valence-electron chi connectivity index (χ0n) is 17.2. The minimum atomic E-state index is -1.51. The summed E-state index contributed by atoms with van der Waals surface area (Å²) in [6.45, 7) is 1.41. The molecule has 0 saturated carbocycles. The fraction of sp³-hybridized carbons (Fsp3) is 0.238. The van der Waals surface area contributed by atoms with E-state index in [1.165, 1.54) is 31.2 Å². The number of carbonyl (C=O) groups excluding carboxylic acids is 4. The maximum absolute atomic E-state index is 12.9. The summed E-state index contributed by atoms with van der Waals surface area (Å²) >= 11 is 0. The molecule has 1 heterocycles. The molecule has 1 fully saturated rings. The number of amides is 6. The zero-order valence-corrected chi connectivity index (χ0v) is 17.2. The van der Waals surface area contributed by atoms with E-state index in [4.69, 9.17) is 0 Å². The molecular weight excluding hydrogens is 418 g/mol. The van der Waals surface area contributed by atoms with Crippen LogP contribution in [0.4, 0.5) is 15.3 Å². The van der Waals surface area contributed by atoms with E-state index in [0.717, 1.165) is 10.5 Å². The number of carbonyl (C=O) groups is 4. The van der Waals surface area contributed by atoms with Gasteiger partial charge in [0.2, 0.25) is 5.91 Å². The van der Waals surface area contributed by atoms with E-state index in [1.807, 2.05) is 30.3 Å². The van der Waals surface area contributed by atoms with Crippen LogP contribution in [-0.2, 0) is 21.7 Å². The second-order valence-electron chi connectivity index (χ2n) is 7.29. The molecule has 1 saturated heterocycles. The van der Waals surface area contributed by atoms with Gasteiger partial charge in [0.15, 0.2) is 0 Å². The fourth-order valence-electron chi connectivity index (χ4n) is 3.25. The van der Waals surface area contributed by atoms with Crippen LogP contribution in [0, 0.1) is 10.1 Å². The van der Waals surface area contributed by atoms with Gasteiger partial charge in [-0.2, -0.15) is 0 Å². The predicted octanol–water partition coefficient (Wildman–Crippen LogP) is 1.78. The molecule has 11 nitrogen and oxygen atoms in total. The molecule has 6 amide bonds. The highest BCUT2D eigenvalue weighted by molar-refractivity contribution is 6.07. The monoisotopic (exact) mass is 439 g/mol. The SMILES string of the molecule is CC1(c2cccc([N+](=O)[O-])c2)NC(=O)N(CCC(=O)NC(=O)NCc2ccccc2)C1=O. The largest absolute Gasteiger partial charge is 0.334 e. The molecule has 0 aliphatic carbocycles. The van der Waals surface area contributed by atoms with Crippen LogP contribution in [0.2, 0.25) is 0 Å². The summed E-state index contributed by atoms with van der Waals surface area (Å²) in [4.78, 5) is 60.4. The van der Waals surface area contributed by atoms with E-state index in [0.29, 0.717) is 0 Å². The van der Waals surface area contributed by atoms with E-state index in [2.05, 4.69) is 16.0 Å². The van der Waals surface area contributed by atoms with E-state index in [9.17, 15) is 29.3 Å². The maximum atomic E-state index is 12.9. The first kappa shape index (κ1) is 22.4. The van der Waals surface area contributed by atoms with Crippen molar-refractivity contribution >= 4 is 29.6 Å². The van der Waals surface area contributed by atoms with E-state index in [1.54, 1.807) is 0 Å². The Balaban J connectivity index is 1.56. The standard InChI is InChI=1S/C21H21N5O6/c1-21(15-8-5-9-16(12-15)26(31)32)18(28)25(20(30)24-21)11-10-17(27)23-19(29)22-13-14-6-3-2-4-7-14/h2-9,12H,10-11,13H2,1H3,(H,24,30)(H2,22,23,27,29). The fourth-order valence-corrected chi connectivity index (χ4v) is 3.25. The number of nitro benzene ring substituents is 1. The van der Waals surface area contributed by atoms with Crippen LogP contribution in [0.1, 0.15) is 24.5 Å². The van der Waals surface area contributed by atoms with Crippen LogP contribution in [0.15, 0.2) is 54.6 Å². The third kappa shape index (κ3) is 4.89. The zero-order chi connectivity index (χ0) is 23.3. The summed E-state index contributed by atoms with van der Waals surface area (Å²) in [6, 6.07) is 13.1. The van der Waals surface area contributed by atoms with Crippen LogP contribution in [0.25, 0.3) is 0 Å². The van der Waals surface area contributed by atoms with Crippen molar-refractivity contribution in [3.05, 3.63) is 75.8 Å².